The third kappa shape index (κ3) is 6.57. The van der Waals surface area contributed by atoms with Crippen LogP contribution in [0.1, 0.15) is 0 Å². The minimum atomic E-state index is -0.750. The van der Waals surface area contributed by atoms with Gasteiger partial charge in [0, 0.05) is 6.07 Å². The largest absolute Gasteiger partial charge is 0.432 e. The van der Waals surface area contributed by atoms with Gasteiger partial charge in [-0.2, -0.15) is 11.3 Å². The molecule has 3 aromatic heterocycles. The number of nitrogens with zero attached hydrogens (tertiary/aromatic N) is 2. The van der Waals surface area contributed by atoms with Crippen molar-refractivity contribution in [3.8, 4) is 10.6 Å². The first kappa shape index (κ1) is 18.8. The molecule has 0 saturated heterocycles. The second-order valence-electron chi connectivity index (χ2n) is 3.77. The summed E-state index contributed by atoms with van der Waals surface area (Å²) in [7, 11) is -0.750. The van der Waals surface area contributed by atoms with Crippen molar-refractivity contribution in [3.05, 3.63) is 62.7 Å². The van der Waals surface area contributed by atoms with Gasteiger partial charge in [-0.25, -0.2) is 4.98 Å². The van der Waals surface area contributed by atoms with Gasteiger partial charge in [0.2, 0.25) is 5.82 Å². The zero-order chi connectivity index (χ0) is 17.1. The van der Waals surface area contributed by atoms with Crippen LogP contribution in [-0.2, 0) is 0 Å². The van der Waals surface area contributed by atoms with Gasteiger partial charge in [-0.15, -0.1) is 11.3 Å². The van der Waals surface area contributed by atoms with Gasteiger partial charge >= 0.3 is 13.4 Å². The Bertz CT molecular complexity index is 676. The maximum Gasteiger partial charge on any atom is 0.432 e. The standard InChI is InChI=1S/C9H7N3O2S.C4H4S.BH3O2/c10-9-7(12(13)14)4-3-6(11-9)8-2-1-5-15-8;1-2-4-5-3-1;2-1-3/h1-5H,(H2,10,11);1-4H;1-3H. The predicted octanol–water partition coefficient (Wildman–Crippen LogP) is 2.29. The average Bonchev–Trinajstić information content (AvgIpc) is 3.24. The van der Waals surface area contributed by atoms with E-state index in [2.05, 4.69) is 4.98 Å². The molecule has 0 atom stereocenters. The summed E-state index contributed by atoms with van der Waals surface area (Å²) in [5.74, 6) is -0.0501. The smallest absolute Gasteiger partial charge is 0.430 e. The predicted molar refractivity (Wildman–Crippen MR) is 94.5 cm³/mol. The number of anilines is 1. The zero-order valence-electron chi connectivity index (χ0n) is 11.9. The molecule has 120 valence electrons. The average molecular weight is 351 g/mol. The van der Waals surface area contributed by atoms with E-state index in [0.29, 0.717) is 5.69 Å². The molecule has 4 N–H and O–H groups in total. The van der Waals surface area contributed by atoms with Crippen LogP contribution in [0, 0.1) is 10.1 Å². The van der Waals surface area contributed by atoms with Crippen molar-refractivity contribution >= 4 is 41.9 Å². The number of nitrogens with two attached hydrogens (primary N) is 1. The normalized spacial score (nSPS) is 8.96. The van der Waals surface area contributed by atoms with Crippen LogP contribution in [0.15, 0.2) is 52.5 Å². The maximum absolute atomic E-state index is 10.5. The summed E-state index contributed by atoms with van der Waals surface area (Å²) in [6, 6.07) is 10.8. The minimum Gasteiger partial charge on any atom is -0.430 e. The van der Waals surface area contributed by atoms with E-state index in [0.717, 1.165) is 4.88 Å². The number of pyridine rings is 1. The molecule has 7 nitrogen and oxygen atoms in total. The third-order valence-corrected chi connectivity index (χ3v) is 3.82. The number of hydrogen-bond acceptors (Lipinski definition) is 8. The SMILES string of the molecule is Nc1nc(-c2cccs2)ccc1[N+](=O)[O-].OBO.c1ccsc1. The highest BCUT2D eigenvalue weighted by Gasteiger charge is 2.13. The summed E-state index contributed by atoms with van der Waals surface area (Å²) in [4.78, 5) is 14.9. The van der Waals surface area contributed by atoms with Crippen LogP contribution in [0.25, 0.3) is 10.6 Å². The number of thiophene rings is 2. The summed E-state index contributed by atoms with van der Waals surface area (Å²) in [5, 5.41) is 30.8. The third-order valence-electron chi connectivity index (χ3n) is 2.30. The van der Waals surface area contributed by atoms with E-state index in [1.165, 1.54) is 17.4 Å². The Morgan fingerprint density at radius 1 is 1.13 bits per heavy atom. The highest BCUT2D eigenvalue weighted by Crippen LogP contribution is 2.27. The van der Waals surface area contributed by atoms with E-state index in [1.54, 1.807) is 17.4 Å². The first-order valence-corrected chi connectivity index (χ1v) is 8.06. The summed E-state index contributed by atoms with van der Waals surface area (Å²) in [5.41, 5.74) is 5.98. The maximum atomic E-state index is 10.5. The van der Waals surface area contributed by atoms with Crippen molar-refractivity contribution in [3.63, 3.8) is 0 Å². The van der Waals surface area contributed by atoms with Gasteiger partial charge in [0.25, 0.3) is 0 Å². The molecule has 10 heteroatoms. The molecule has 0 radical (unpaired) electrons. The van der Waals surface area contributed by atoms with Gasteiger partial charge in [-0.1, -0.05) is 18.2 Å². The molecule has 0 unspecified atom stereocenters. The first-order chi connectivity index (χ1) is 11.1. The lowest BCUT2D eigenvalue weighted by Crippen LogP contribution is -1.98. The van der Waals surface area contributed by atoms with Gasteiger partial charge in [0.15, 0.2) is 0 Å². The fourth-order valence-corrected chi connectivity index (χ4v) is 2.56. The van der Waals surface area contributed by atoms with E-state index < -0.39 is 12.6 Å². The number of hydrogen-bond donors (Lipinski definition) is 3. The fourth-order valence-electron chi connectivity index (χ4n) is 1.41. The number of nitro groups is 1. The van der Waals surface area contributed by atoms with Gasteiger partial charge in [0.05, 0.1) is 15.5 Å². The topological polar surface area (TPSA) is 123 Å². The van der Waals surface area contributed by atoms with Crippen LogP contribution in [-0.4, -0.2) is 27.6 Å². The molecule has 23 heavy (non-hydrogen) atoms. The molecule has 0 fully saturated rings. The van der Waals surface area contributed by atoms with Crippen LogP contribution >= 0.6 is 22.7 Å². The number of nitrogen functional groups attached to an aromatic ring is 1. The Balaban J connectivity index is 0.000000273. The molecule has 0 bridgehead atoms. The Hall–Kier alpha value is -2.27. The van der Waals surface area contributed by atoms with Gasteiger partial charge in [-0.05, 0) is 28.3 Å². The molecule has 0 aliphatic carbocycles. The summed E-state index contributed by atoms with van der Waals surface area (Å²) in [6.45, 7) is 0. The second kappa shape index (κ2) is 10.5. The highest BCUT2D eigenvalue weighted by molar-refractivity contribution is 7.13. The Morgan fingerprint density at radius 2 is 1.78 bits per heavy atom. The summed E-state index contributed by atoms with van der Waals surface area (Å²) in [6.07, 6.45) is 0. The molecule has 3 rings (SSSR count). The molecule has 0 spiro atoms. The van der Waals surface area contributed by atoms with Gasteiger partial charge < -0.3 is 15.8 Å². The van der Waals surface area contributed by atoms with Crippen molar-refractivity contribution < 1.29 is 15.0 Å². The zero-order valence-corrected chi connectivity index (χ0v) is 13.5. The van der Waals surface area contributed by atoms with Crippen LogP contribution in [0.5, 0.6) is 0 Å². The van der Waals surface area contributed by atoms with Crippen LogP contribution in [0.2, 0.25) is 0 Å². The van der Waals surface area contributed by atoms with E-state index in [9.17, 15) is 10.1 Å². The van der Waals surface area contributed by atoms with Crippen LogP contribution in [0.4, 0.5) is 11.5 Å². The fraction of sp³-hybridized carbons (Fsp3) is 0. The summed E-state index contributed by atoms with van der Waals surface area (Å²) < 4.78 is 0. The summed E-state index contributed by atoms with van der Waals surface area (Å²) >= 11 is 3.22. The van der Waals surface area contributed by atoms with Crippen molar-refractivity contribution in [2.24, 2.45) is 0 Å². The molecular weight excluding hydrogens is 337 g/mol. The van der Waals surface area contributed by atoms with Crippen LogP contribution < -0.4 is 5.73 Å². The van der Waals surface area contributed by atoms with E-state index in [-0.39, 0.29) is 11.5 Å². The van der Waals surface area contributed by atoms with Gasteiger partial charge in [-0.3, -0.25) is 10.1 Å². The molecule has 0 amide bonds. The van der Waals surface area contributed by atoms with E-state index in [4.69, 9.17) is 15.8 Å². The van der Waals surface area contributed by atoms with Crippen molar-refractivity contribution in [1.82, 2.24) is 4.98 Å². The Labute approximate surface area is 141 Å². The lowest BCUT2D eigenvalue weighted by Gasteiger charge is -1.99. The highest BCUT2D eigenvalue weighted by atomic mass is 32.1. The Morgan fingerprint density at radius 3 is 2.17 bits per heavy atom. The number of aromatic nitrogens is 1. The quantitative estimate of drug-likeness (QED) is 0.370. The lowest BCUT2D eigenvalue weighted by atomic mass is 10.3. The minimum absolute atomic E-state index is 0.0501. The lowest BCUT2D eigenvalue weighted by molar-refractivity contribution is -0.384. The van der Waals surface area contributed by atoms with E-state index >= 15 is 0 Å². The van der Waals surface area contributed by atoms with Crippen molar-refractivity contribution in [1.29, 1.82) is 0 Å². The molecule has 0 aliphatic heterocycles. The second-order valence-corrected chi connectivity index (χ2v) is 5.53. The first-order valence-electron chi connectivity index (χ1n) is 6.23. The molecule has 0 aromatic carbocycles. The molecule has 0 saturated carbocycles. The van der Waals surface area contributed by atoms with Crippen molar-refractivity contribution in [2.75, 3.05) is 5.73 Å². The molecule has 3 aromatic rings. The Kier molecular flexibility index (Phi) is 8.54. The molecule has 0 aliphatic rings. The van der Waals surface area contributed by atoms with Gasteiger partial charge in [0.1, 0.15) is 0 Å². The van der Waals surface area contributed by atoms with Crippen LogP contribution in [0.3, 0.4) is 0 Å². The monoisotopic (exact) mass is 351 g/mol. The molecule has 3 heterocycles. The molecular formula is C13H14BN3O4S2. The van der Waals surface area contributed by atoms with E-state index in [1.807, 2.05) is 40.4 Å². The number of rotatable bonds is 2. The van der Waals surface area contributed by atoms with Crippen molar-refractivity contribution in [2.45, 2.75) is 0 Å².